The zero-order valence-electron chi connectivity index (χ0n) is 22.0. The van der Waals surface area contributed by atoms with Crippen LogP contribution in [0, 0.1) is 0 Å². The van der Waals surface area contributed by atoms with Crippen LogP contribution in [0.4, 0.5) is 16.3 Å². The first-order valence-electron chi connectivity index (χ1n) is 12.9. The largest absolute Gasteiger partial charge is 0.341 e. The molecule has 1 atom stereocenters. The molecule has 1 aliphatic rings. The van der Waals surface area contributed by atoms with E-state index in [1.807, 2.05) is 35.2 Å². The van der Waals surface area contributed by atoms with E-state index in [2.05, 4.69) is 36.6 Å². The molecule has 10 heteroatoms. The Morgan fingerprint density at radius 2 is 1.87 bits per heavy atom. The molecule has 1 aromatic heterocycles. The maximum atomic E-state index is 12.8. The lowest BCUT2D eigenvalue weighted by atomic mass is 10.1. The topological polar surface area (TPSA) is 82.5 Å². The maximum absolute atomic E-state index is 12.8. The monoisotopic (exact) mass is 556 g/mol. The van der Waals surface area contributed by atoms with Crippen molar-refractivity contribution in [3.05, 3.63) is 69.8 Å². The molecular weight excluding hydrogens is 523 g/mol. The first-order valence-corrected chi connectivity index (χ1v) is 13.6. The van der Waals surface area contributed by atoms with Gasteiger partial charge in [0.2, 0.25) is 5.91 Å². The fourth-order valence-corrected chi connectivity index (χ4v) is 4.85. The van der Waals surface area contributed by atoms with Crippen LogP contribution >= 0.6 is 23.2 Å². The second kappa shape index (κ2) is 12.7. The molecule has 0 bridgehead atoms. The molecule has 1 unspecified atom stereocenters. The number of nitrogens with one attached hydrogen (secondary N) is 2. The molecule has 0 spiro atoms. The smallest absolute Gasteiger partial charge is 0.324 e. The summed E-state index contributed by atoms with van der Waals surface area (Å²) in [7, 11) is 4.11. The van der Waals surface area contributed by atoms with Crippen molar-refractivity contribution in [1.29, 1.82) is 0 Å². The van der Waals surface area contributed by atoms with Crippen molar-refractivity contribution in [2.75, 3.05) is 37.8 Å². The van der Waals surface area contributed by atoms with Gasteiger partial charge in [-0.2, -0.15) is 5.10 Å². The van der Waals surface area contributed by atoms with E-state index in [0.29, 0.717) is 29.0 Å². The Hall–Kier alpha value is -3.07. The molecule has 38 heavy (non-hydrogen) atoms. The highest BCUT2D eigenvalue weighted by atomic mass is 35.5. The molecule has 0 radical (unpaired) electrons. The predicted molar refractivity (Wildman–Crippen MR) is 154 cm³/mol. The van der Waals surface area contributed by atoms with Crippen LogP contribution < -0.4 is 10.6 Å². The van der Waals surface area contributed by atoms with Crippen molar-refractivity contribution in [2.45, 2.75) is 45.1 Å². The Morgan fingerprint density at radius 3 is 2.55 bits per heavy atom. The molecule has 4 rings (SSSR count). The lowest BCUT2D eigenvalue weighted by molar-refractivity contribution is -0.129. The number of halogens is 2. The van der Waals surface area contributed by atoms with Gasteiger partial charge in [-0.3, -0.25) is 10.1 Å². The number of benzene rings is 2. The Bertz CT molecular complexity index is 1270. The average molecular weight is 558 g/mol. The van der Waals surface area contributed by atoms with Gasteiger partial charge in [0.05, 0.1) is 33.5 Å². The van der Waals surface area contributed by atoms with Gasteiger partial charge in [-0.1, -0.05) is 54.7 Å². The number of urea groups is 1. The number of aromatic nitrogens is 2. The molecule has 2 N–H and O–H groups in total. The third-order valence-electron chi connectivity index (χ3n) is 6.77. The number of hydrogen-bond donors (Lipinski definition) is 2. The zero-order chi connectivity index (χ0) is 27.2. The number of hydrogen-bond acceptors (Lipinski definition) is 4. The number of aryl methyl sites for hydroxylation is 1. The van der Waals surface area contributed by atoms with E-state index in [0.717, 1.165) is 55.7 Å². The molecule has 1 aliphatic heterocycles. The van der Waals surface area contributed by atoms with Crippen molar-refractivity contribution in [1.82, 2.24) is 19.6 Å². The quantitative estimate of drug-likeness (QED) is 0.345. The number of amides is 3. The second-order valence-electron chi connectivity index (χ2n) is 9.81. The van der Waals surface area contributed by atoms with Crippen molar-refractivity contribution in [3.63, 3.8) is 0 Å². The highest BCUT2D eigenvalue weighted by Gasteiger charge is 2.27. The fourth-order valence-electron chi connectivity index (χ4n) is 4.50. The molecule has 0 saturated carbocycles. The highest BCUT2D eigenvalue weighted by Crippen LogP contribution is 2.30. The van der Waals surface area contributed by atoms with Crippen molar-refractivity contribution < 1.29 is 9.59 Å². The summed E-state index contributed by atoms with van der Waals surface area (Å²) in [6.07, 6.45) is 4.20. The van der Waals surface area contributed by atoms with Crippen LogP contribution in [0.25, 0.3) is 5.69 Å². The van der Waals surface area contributed by atoms with Gasteiger partial charge >= 0.3 is 6.03 Å². The summed E-state index contributed by atoms with van der Waals surface area (Å²) in [5.41, 5.74) is 3.02. The average Bonchev–Trinajstić information content (AvgIpc) is 3.54. The molecule has 202 valence electrons. The lowest BCUT2D eigenvalue weighted by Gasteiger charge is -2.20. The predicted octanol–water partition coefficient (Wildman–Crippen LogP) is 5.87. The van der Waals surface area contributed by atoms with E-state index in [1.54, 1.807) is 22.9 Å². The van der Waals surface area contributed by atoms with Gasteiger partial charge in [-0.15, -0.1) is 0 Å². The van der Waals surface area contributed by atoms with Crippen molar-refractivity contribution in [2.24, 2.45) is 0 Å². The second-order valence-corrected chi connectivity index (χ2v) is 10.6. The minimum atomic E-state index is -0.457. The Balaban J connectivity index is 1.47. The normalized spacial score (nSPS) is 15.2. The number of anilines is 2. The number of unbranched alkanes of at least 4 members (excludes halogenated alkanes) is 1. The number of carbonyl (C=O) groups is 2. The van der Waals surface area contributed by atoms with Gasteiger partial charge in [0, 0.05) is 25.2 Å². The van der Waals surface area contributed by atoms with Gasteiger partial charge in [0.25, 0.3) is 0 Å². The van der Waals surface area contributed by atoms with E-state index in [1.165, 1.54) is 0 Å². The molecule has 3 aromatic rings. The standard InChI is InChI=1S/C28H34Cl2N6O2/c1-4-5-7-20-17-25(32-28(38)31-24-9-6-8-23(29)27(24)30)36(33-20)21-12-10-19(11-13-21)16-26(37)35-15-14-22(18-35)34(2)3/h6,8-13,17,22H,4-5,7,14-16,18H2,1-3H3,(H2,31,32,38). The summed E-state index contributed by atoms with van der Waals surface area (Å²) in [5, 5.41) is 11.0. The zero-order valence-corrected chi connectivity index (χ0v) is 23.5. The number of carbonyl (C=O) groups excluding carboxylic acids is 2. The van der Waals surface area contributed by atoms with Crippen LogP contribution in [-0.2, 0) is 17.6 Å². The molecule has 1 saturated heterocycles. The number of rotatable bonds is 9. The van der Waals surface area contributed by atoms with Crippen LogP contribution in [-0.4, -0.2) is 64.7 Å². The number of likely N-dealkylation sites (N-methyl/N-ethyl adjacent to an activating group) is 1. The van der Waals surface area contributed by atoms with Crippen LogP contribution in [0.1, 0.15) is 37.4 Å². The van der Waals surface area contributed by atoms with Crippen LogP contribution in [0.5, 0.6) is 0 Å². The van der Waals surface area contributed by atoms with Gasteiger partial charge in [-0.25, -0.2) is 9.48 Å². The van der Waals surface area contributed by atoms with Crippen molar-refractivity contribution in [3.8, 4) is 5.69 Å². The van der Waals surface area contributed by atoms with E-state index in [-0.39, 0.29) is 10.9 Å². The summed E-state index contributed by atoms with van der Waals surface area (Å²) < 4.78 is 1.71. The SMILES string of the molecule is CCCCc1cc(NC(=O)Nc2cccc(Cl)c2Cl)n(-c2ccc(CC(=O)N3CCC(N(C)C)C3)cc2)n1. The summed E-state index contributed by atoms with van der Waals surface area (Å²) in [6, 6.07) is 14.6. The molecule has 2 heterocycles. The molecule has 0 aliphatic carbocycles. The fraction of sp³-hybridized carbons (Fsp3) is 0.393. The summed E-state index contributed by atoms with van der Waals surface area (Å²) >= 11 is 12.3. The summed E-state index contributed by atoms with van der Waals surface area (Å²) in [6.45, 7) is 3.70. The molecule has 1 fully saturated rings. The minimum absolute atomic E-state index is 0.141. The molecule has 3 amide bonds. The minimum Gasteiger partial charge on any atom is -0.341 e. The summed E-state index contributed by atoms with van der Waals surface area (Å²) in [5.74, 6) is 0.670. The van der Waals surface area contributed by atoms with E-state index in [9.17, 15) is 9.59 Å². The molecule has 2 aromatic carbocycles. The first kappa shape index (κ1) is 28.0. The van der Waals surface area contributed by atoms with Gasteiger partial charge in [-0.05, 0) is 63.2 Å². The Morgan fingerprint density at radius 1 is 1.11 bits per heavy atom. The molecular formula is C28H34Cl2N6O2. The lowest BCUT2D eigenvalue weighted by Crippen LogP contribution is -2.35. The van der Waals surface area contributed by atoms with Crippen LogP contribution in [0.2, 0.25) is 10.0 Å². The van der Waals surface area contributed by atoms with Gasteiger partial charge in [0.1, 0.15) is 5.82 Å². The van der Waals surface area contributed by atoms with Crippen molar-refractivity contribution >= 4 is 46.6 Å². The van der Waals surface area contributed by atoms with E-state index >= 15 is 0 Å². The third-order valence-corrected chi connectivity index (χ3v) is 7.59. The number of nitrogens with zero attached hydrogens (tertiary/aromatic N) is 4. The van der Waals surface area contributed by atoms with E-state index < -0.39 is 6.03 Å². The van der Waals surface area contributed by atoms with Crippen LogP contribution in [0.15, 0.2) is 48.5 Å². The van der Waals surface area contributed by atoms with Gasteiger partial charge in [0.15, 0.2) is 0 Å². The number of likely N-dealkylation sites (tertiary alicyclic amines) is 1. The van der Waals surface area contributed by atoms with E-state index in [4.69, 9.17) is 28.3 Å². The third kappa shape index (κ3) is 6.87. The molecule has 8 nitrogen and oxygen atoms in total. The van der Waals surface area contributed by atoms with Gasteiger partial charge < -0.3 is 15.1 Å². The summed E-state index contributed by atoms with van der Waals surface area (Å²) in [4.78, 5) is 29.8. The van der Waals surface area contributed by atoms with Crippen LogP contribution in [0.3, 0.4) is 0 Å². The first-order chi connectivity index (χ1) is 18.2. The Labute approximate surface area is 233 Å². The Kier molecular flexibility index (Phi) is 9.31. The highest BCUT2D eigenvalue weighted by molar-refractivity contribution is 6.44. The maximum Gasteiger partial charge on any atom is 0.324 e.